The highest BCUT2D eigenvalue weighted by Crippen LogP contribution is 2.34. The zero-order chi connectivity index (χ0) is 20.2. The Balaban J connectivity index is 1.29. The molecule has 1 aliphatic heterocycles. The lowest BCUT2D eigenvalue weighted by atomic mass is 10.2. The molecule has 0 saturated heterocycles. The van der Waals surface area contributed by atoms with Gasteiger partial charge < -0.3 is 20.1 Å². The van der Waals surface area contributed by atoms with Crippen LogP contribution in [-0.2, 0) is 11.2 Å². The van der Waals surface area contributed by atoms with E-state index in [-0.39, 0.29) is 30.0 Å². The van der Waals surface area contributed by atoms with E-state index in [9.17, 15) is 9.59 Å². The van der Waals surface area contributed by atoms with Crippen LogP contribution in [0.2, 0.25) is 5.02 Å². The Morgan fingerprint density at radius 1 is 1.03 bits per heavy atom. The smallest absolute Gasteiger partial charge is 0.286 e. The van der Waals surface area contributed by atoms with E-state index in [0.29, 0.717) is 39.3 Å². The van der Waals surface area contributed by atoms with Crippen LogP contribution in [0.15, 0.2) is 42.5 Å². The van der Waals surface area contributed by atoms with Crippen molar-refractivity contribution >= 4 is 46.1 Å². The molecular weight excluding hydrogens is 416 g/mol. The Kier molecular flexibility index (Phi) is 5.59. The van der Waals surface area contributed by atoms with Gasteiger partial charge in [-0.3, -0.25) is 9.59 Å². The van der Waals surface area contributed by atoms with E-state index in [1.54, 1.807) is 42.5 Å². The quantitative estimate of drug-likeness (QED) is 0.617. The van der Waals surface area contributed by atoms with Crippen LogP contribution in [0.4, 0.5) is 11.4 Å². The SMILES string of the molecule is O=C(CCc1nnc(C(=O)Nc2cccc(Cl)c2)s1)Nc1ccc2c(c1)OCO2. The van der Waals surface area contributed by atoms with Crippen molar-refractivity contribution in [3.63, 3.8) is 0 Å². The predicted molar refractivity (Wildman–Crippen MR) is 109 cm³/mol. The van der Waals surface area contributed by atoms with E-state index in [0.717, 1.165) is 11.3 Å². The fraction of sp³-hybridized carbons (Fsp3) is 0.158. The van der Waals surface area contributed by atoms with Crippen LogP contribution >= 0.6 is 22.9 Å². The molecule has 0 fully saturated rings. The van der Waals surface area contributed by atoms with Crippen molar-refractivity contribution in [2.24, 2.45) is 0 Å². The number of carbonyl (C=O) groups excluding carboxylic acids is 2. The van der Waals surface area contributed by atoms with Crippen LogP contribution in [0, 0.1) is 0 Å². The molecule has 8 nitrogen and oxygen atoms in total. The molecule has 0 unspecified atom stereocenters. The third-order valence-electron chi connectivity index (χ3n) is 3.97. The summed E-state index contributed by atoms with van der Waals surface area (Å²) in [6, 6.07) is 12.0. The van der Waals surface area contributed by atoms with E-state index in [1.807, 2.05) is 0 Å². The number of aromatic nitrogens is 2. The Morgan fingerprint density at radius 3 is 2.72 bits per heavy atom. The van der Waals surface area contributed by atoms with Crippen molar-refractivity contribution < 1.29 is 19.1 Å². The normalized spacial score (nSPS) is 11.9. The summed E-state index contributed by atoms with van der Waals surface area (Å²) < 4.78 is 10.5. The van der Waals surface area contributed by atoms with E-state index in [2.05, 4.69) is 20.8 Å². The number of aryl methyl sites for hydroxylation is 1. The first kappa shape index (κ1) is 19.2. The van der Waals surface area contributed by atoms with Gasteiger partial charge in [-0.05, 0) is 30.3 Å². The largest absolute Gasteiger partial charge is 0.454 e. The fourth-order valence-corrected chi connectivity index (χ4v) is 3.54. The number of nitrogens with one attached hydrogen (secondary N) is 2. The zero-order valence-electron chi connectivity index (χ0n) is 15.0. The molecule has 1 aromatic heterocycles. The predicted octanol–water partition coefficient (Wildman–Crippen LogP) is 3.74. The maximum Gasteiger partial charge on any atom is 0.286 e. The first-order valence-corrected chi connectivity index (χ1v) is 9.85. The monoisotopic (exact) mass is 430 g/mol. The van der Waals surface area contributed by atoms with Gasteiger partial charge in [0.15, 0.2) is 11.5 Å². The minimum absolute atomic E-state index is 0.177. The summed E-state index contributed by atoms with van der Waals surface area (Å²) in [5.41, 5.74) is 1.19. The van der Waals surface area contributed by atoms with Crippen molar-refractivity contribution in [1.29, 1.82) is 0 Å². The summed E-state index contributed by atoms with van der Waals surface area (Å²) in [7, 11) is 0. The van der Waals surface area contributed by atoms with Gasteiger partial charge in [0.1, 0.15) is 5.01 Å². The van der Waals surface area contributed by atoms with E-state index in [1.165, 1.54) is 0 Å². The van der Waals surface area contributed by atoms with Gasteiger partial charge in [0.2, 0.25) is 17.7 Å². The van der Waals surface area contributed by atoms with Crippen LogP contribution in [0.3, 0.4) is 0 Å². The van der Waals surface area contributed by atoms with Gasteiger partial charge in [-0.1, -0.05) is 29.0 Å². The van der Waals surface area contributed by atoms with Gasteiger partial charge in [-0.2, -0.15) is 0 Å². The number of amides is 2. The van der Waals surface area contributed by atoms with Crippen LogP contribution < -0.4 is 20.1 Å². The third kappa shape index (κ3) is 4.82. The highest BCUT2D eigenvalue weighted by molar-refractivity contribution is 7.13. The molecule has 3 aromatic rings. The number of hydrogen-bond acceptors (Lipinski definition) is 7. The summed E-state index contributed by atoms with van der Waals surface area (Å²) in [5.74, 6) is 0.701. The first-order chi connectivity index (χ1) is 14.1. The standard InChI is InChI=1S/C19H15ClN4O4S/c20-11-2-1-3-12(8-11)22-18(26)19-24-23-17(29-19)7-6-16(25)21-13-4-5-14-15(9-13)28-10-27-14/h1-5,8-9H,6-7,10H2,(H,21,25)(H,22,26). The topological polar surface area (TPSA) is 102 Å². The molecule has 2 amide bonds. The number of halogens is 1. The summed E-state index contributed by atoms with van der Waals surface area (Å²) in [4.78, 5) is 24.4. The van der Waals surface area contributed by atoms with Gasteiger partial charge in [0.25, 0.3) is 5.91 Å². The van der Waals surface area contributed by atoms with Crippen molar-refractivity contribution in [3.8, 4) is 11.5 Å². The second kappa shape index (κ2) is 8.46. The van der Waals surface area contributed by atoms with Crippen molar-refractivity contribution in [2.45, 2.75) is 12.8 Å². The van der Waals surface area contributed by atoms with Crippen LogP contribution in [0.5, 0.6) is 11.5 Å². The molecule has 0 saturated carbocycles. The maximum absolute atomic E-state index is 12.3. The van der Waals surface area contributed by atoms with E-state index >= 15 is 0 Å². The molecule has 148 valence electrons. The molecule has 0 atom stereocenters. The molecule has 0 aliphatic carbocycles. The average Bonchev–Trinajstić information content (AvgIpc) is 3.35. The number of hydrogen-bond donors (Lipinski definition) is 2. The first-order valence-electron chi connectivity index (χ1n) is 8.65. The number of fused-ring (bicyclic) bond motifs is 1. The molecule has 4 rings (SSSR count). The fourth-order valence-electron chi connectivity index (χ4n) is 2.62. The Labute approximate surface area is 174 Å². The zero-order valence-corrected chi connectivity index (χ0v) is 16.5. The maximum atomic E-state index is 12.3. The number of benzene rings is 2. The van der Waals surface area contributed by atoms with Crippen LogP contribution in [0.25, 0.3) is 0 Å². The second-order valence-electron chi connectivity index (χ2n) is 6.08. The molecule has 2 heterocycles. The van der Waals surface area contributed by atoms with Crippen molar-refractivity contribution in [3.05, 3.63) is 57.5 Å². The molecule has 10 heteroatoms. The summed E-state index contributed by atoms with van der Waals surface area (Å²) in [5, 5.41) is 14.7. The number of carbonyl (C=O) groups is 2. The van der Waals surface area contributed by atoms with Gasteiger partial charge in [-0.25, -0.2) is 0 Å². The highest BCUT2D eigenvalue weighted by atomic mass is 35.5. The number of nitrogens with zero attached hydrogens (tertiary/aromatic N) is 2. The molecule has 0 bridgehead atoms. The second-order valence-corrected chi connectivity index (χ2v) is 7.58. The Morgan fingerprint density at radius 2 is 1.86 bits per heavy atom. The van der Waals surface area contributed by atoms with E-state index in [4.69, 9.17) is 21.1 Å². The van der Waals surface area contributed by atoms with Gasteiger partial charge >= 0.3 is 0 Å². The van der Waals surface area contributed by atoms with Crippen LogP contribution in [0.1, 0.15) is 21.2 Å². The summed E-state index contributed by atoms with van der Waals surface area (Å²) in [6.07, 6.45) is 0.581. The number of rotatable bonds is 6. The van der Waals surface area contributed by atoms with Crippen molar-refractivity contribution in [2.75, 3.05) is 17.4 Å². The molecule has 29 heavy (non-hydrogen) atoms. The lowest BCUT2D eigenvalue weighted by Crippen LogP contribution is -2.12. The molecule has 1 aliphatic rings. The van der Waals surface area contributed by atoms with Gasteiger partial charge in [-0.15, -0.1) is 10.2 Å². The lowest BCUT2D eigenvalue weighted by molar-refractivity contribution is -0.116. The summed E-state index contributed by atoms with van der Waals surface area (Å²) in [6.45, 7) is 0.178. The van der Waals surface area contributed by atoms with E-state index < -0.39 is 0 Å². The van der Waals surface area contributed by atoms with Crippen molar-refractivity contribution in [1.82, 2.24) is 10.2 Å². The Bertz CT molecular complexity index is 1070. The third-order valence-corrected chi connectivity index (χ3v) is 5.18. The number of anilines is 2. The molecule has 0 spiro atoms. The van der Waals surface area contributed by atoms with Gasteiger partial charge in [0, 0.05) is 35.3 Å². The Hall–Kier alpha value is -3.17. The minimum Gasteiger partial charge on any atom is -0.454 e. The summed E-state index contributed by atoms with van der Waals surface area (Å²) >= 11 is 7.05. The molecule has 0 radical (unpaired) electrons. The number of ether oxygens (including phenoxy) is 2. The average molecular weight is 431 g/mol. The minimum atomic E-state index is -0.374. The van der Waals surface area contributed by atoms with Gasteiger partial charge in [0.05, 0.1) is 0 Å². The molecular formula is C19H15ClN4O4S. The highest BCUT2D eigenvalue weighted by Gasteiger charge is 2.16. The lowest BCUT2D eigenvalue weighted by Gasteiger charge is -2.05. The molecule has 2 aromatic carbocycles. The van der Waals surface area contributed by atoms with Crippen LogP contribution in [-0.4, -0.2) is 28.8 Å². The molecule has 2 N–H and O–H groups in total.